The Balaban J connectivity index is 1.54. The van der Waals surface area contributed by atoms with Crippen LogP contribution in [0.25, 0.3) is 0 Å². The minimum absolute atomic E-state index is 0.159. The molecule has 1 aromatic rings. The second kappa shape index (κ2) is 9.37. The summed E-state index contributed by atoms with van der Waals surface area (Å²) in [6.45, 7) is 4.29. The first kappa shape index (κ1) is 20.6. The molecule has 1 aromatic carbocycles. The molecule has 8 heteroatoms. The summed E-state index contributed by atoms with van der Waals surface area (Å²) in [6, 6.07) is 6.54. The lowest BCUT2D eigenvalue weighted by Gasteiger charge is -2.33. The van der Waals surface area contributed by atoms with E-state index in [0.717, 1.165) is 30.8 Å². The molecule has 0 bridgehead atoms. The predicted molar refractivity (Wildman–Crippen MR) is 105 cm³/mol. The standard InChI is InChI=1S/C19H28ClN3O3S/c20-17-8-4-5-9-18(17)27(25,26)23-14-12-21(13-15-23)16-19(24)22-10-6-2-1-3-7-11-22/h4-5,8-9H,1-3,6-7,10-16H2/p+1. The quantitative estimate of drug-likeness (QED) is 0.800. The van der Waals surface area contributed by atoms with Crippen molar-refractivity contribution in [2.24, 2.45) is 0 Å². The van der Waals surface area contributed by atoms with E-state index in [1.54, 1.807) is 24.3 Å². The van der Waals surface area contributed by atoms with Gasteiger partial charge in [0, 0.05) is 13.1 Å². The van der Waals surface area contributed by atoms with Crippen LogP contribution in [0.15, 0.2) is 29.2 Å². The van der Waals surface area contributed by atoms with Crippen LogP contribution in [0.2, 0.25) is 5.02 Å². The van der Waals surface area contributed by atoms with E-state index in [9.17, 15) is 13.2 Å². The van der Waals surface area contributed by atoms with Crippen LogP contribution in [0.3, 0.4) is 0 Å². The number of halogens is 1. The molecular formula is C19H29ClN3O3S+. The number of nitrogens with one attached hydrogen (secondary N) is 1. The second-order valence-electron chi connectivity index (χ2n) is 7.41. The summed E-state index contributed by atoms with van der Waals surface area (Å²) >= 11 is 6.08. The fourth-order valence-electron chi connectivity index (χ4n) is 3.84. The zero-order valence-electron chi connectivity index (χ0n) is 15.7. The zero-order valence-corrected chi connectivity index (χ0v) is 17.3. The van der Waals surface area contributed by atoms with Crippen LogP contribution in [-0.2, 0) is 14.8 Å². The maximum atomic E-state index is 12.8. The Morgan fingerprint density at radius 3 is 2.19 bits per heavy atom. The molecular weight excluding hydrogens is 386 g/mol. The van der Waals surface area contributed by atoms with Crippen LogP contribution < -0.4 is 4.90 Å². The average molecular weight is 415 g/mol. The maximum Gasteiger partial charge on any atom is 0.277 e. The van der Waals surface area contributed by atoms with Crippen LogP contribution in [0.1, 0.15) is 32.1 Å². The van der Waals surface area contributed by atoms with Gasteiger partial charge in [0.05, 0.1) is 31.2 Å². The third kappa shape index (κ3) is 5.22. The molecule has 0 unspecified atom stereocenters. The van der Waals surface area contributed by atoms with Gasteiger partial charge in [-0.25, -0.2) is 8.42 Å². The van der Waals surface area contributed by atoms with Gasteiger partial charge in [-0.05, 0) is 25.0 Å². The number of likely N-dealkylation sites (tertiary alicyclic amines) is 1. The molecule has 2 heterocycles. The normalized spacial score (nSPS) is 20.9. The highest BCUT2D eigenvalue weighted by atomic mass is 35.5. The summed E-state index contributed by atoms with van der Waals surface area (Å²) in [5.41, 5.74) is 0. The van der Waals surface area contributed by atoms with E-state index >= 15 is 0 Å². The molecule has 0 aromatic heterocycles. The van der Waals surface area contributed by atoms with Gasteiger partial charge in [-0.3, -0.25) is 4.79 Å². The predicted octanol–water partition coefficient (Wildman–Crippen LogP) is 1.02. The number of carbonyl (C=O) groups excluding carboxylic acids is 1. The second-order valence-corrected chi connectivity index (χ2v) is 9.72. The minimum Gasteiger partial charge on any atom is -0.338 e. The number of sulfonamides is 1. The Bertz CT molecular complexity index is 740. The van der Waals surface area contributed by atoms with Crippen molar-refractivity contribution in [2.45, 2.75) is 37.0 Å². The van der Waals surface area contributed by atoms with Crippen LogP contribution in [-0.4, -0.2) is 69.3 Å². The molecule has 0 aliphatic carbocycles. The van der Waals surface area contributed by atoms with Gasteiger partial charge < -0.3 is 9.80 Å². The Morgan fingerprint density at radius 2 is 1.56 bits per heavy atom. The van der Waals surface area contributed by atoms with Gasteiger partial charge in [0.25, 0.3) is 5.91 Å². The van der Waals surface area contributed by atoms with Crippen LogP contribution in [0.4, 0.5) is 0 Å². The number of quaternary nitrogens is 1. The fourth-order valence-corrected chi connectivity index (χ4v) is 5.77. The van der Waals surface area contributed by atoms with E-state index in [1.807, 2.05) is 4.90 Å². The molecule has 6 nitrogen and oxygen atoms in total. The molecule has 1 amide bonds. The lowest BCUT2D eigenvalue weighted by atomic mass is 10.1. The number of benzene rings is 1. The van der Waals surface area contributed by atoms with Crippen LogP contribution in [0, 0.1) is 0 Å². The Hall–Kier alpha value is -1.15. The summed E-state index contributed by atoms with van der Waals surface area (Å²) in [6.07, 6.45) is 5.86. The van der Waals surface area contributed by atoms with Crippen molar-refractivity contribution in [2.75, 3.05) is 45.8 Å². The smallest absolute Gasteiger partial charge is 0.277 e. The van der Waals surface area contributed by atoms with Crippen molar-refractivity contribution in [3.63, 3.8) is 0 Å². The number of piperazine rings is 1. The number of carbonyl (C=O) groups is 1. The minimum atomic E-state index is -3.58. The SMILES string of the molecule is O=C(C[NH+]1CCN(S(=O)(=O)c2ccccc2Cl)CC1)N1CCCCCCC1. The molecule has 0 saturated carbocycles. The molecule has 2 aliphatic rings. The van der Waals surface area contributed by atoms with Crippen molar-refractivity contribution in [1.29, 1.82) is 0 Å². The monoisotopic (exact) mass is 414 g/mol. The lowest BCUT2D eigenvalue weighted by molar-refractivity contribution is -0.896. The van der Waals surface area contributed by atoms with Crippen LogP contribution >= 0.6 is 11.6 Å². The number of hydrogen-bond donors (Lipinski definition) is 1. The lowest BCUT2D eigenvalue weighted by Crippen LogP contribution is -3.15. The van der Waals surface area contributed by atoms with E-state index < -0.39 is 10.0 Å². The number of rotatable bonds is 4. The van der Waals surface area contributed by atoms with Gasteiger partial charge in [0.2, 0.25) is 10.0 Å². The largest absolute Gasteiger partial charge is 0.338 e. The van der Waals surface area contributed by atoms with E-state index in [-0.39, 0.29) is 15.8 Å². The number of hydrogen-bond acceptors (Lipinski definition) is 3. The van der Waals surface area contributed by atoms with Gasteiger partial charge in [-0.15, -0.1) is 0 Å². The molecule has 0 spiro atoms. The molecule has 0 atom stereocenters. The average Bonchev–Trinajstić information content (AvgIpc) is 2.62. The summed E-state index contributed by atoms with van der Waals surface area (Å²) < 4.78 is 27.1. The molecule has 150 valence electrons. The Morgan fingerprint density at radius 1 is 0.963 bits per heavy atom. The summed E-state index contributed by atoms with van der Waals surface area (Å²) in [4.78, 5) is 15.9. The molecule has 27 heavy (non-hydrogen) atoms. The summed E-state index contributed by atoms with van der Waals surface area (Å²) in [5, 5.41) is 0.250. The number of nitrogens with zero attached hydrogens (tertiary/aromatic N) is 2. The maximum absolute atomic E-state index is 12.8. The van der Waals surface area contributed by atoms with E-state index in [1.165, 1.54) is 23.6 Å². The van der Waals surface area contributed by atoms with Crippen molar-refractivity contribution in [3.8, 4) is 0 Å². The first-order valence-corrected chi connectivity index (χ1v) is 11.7. The van der Waals surface area contributed by atoms with Crippen molar-refractivity contribution < 1.29 is 18.1 Å². The summed E-state index contributed by atoms with van der Waals surface area (Å²) in [7, 11) is -3.58. The van der Waals surface area contributed by atoms with Crippen molar-refractivity contribution >= 4 is 27.5 Å². The molecule has 1 N–H and O–H groups in total. The van der Waals surface area contributed by atoms with Gasteiger partial charge in [0.1, 0.15) is 4.90 Å². The van der Waals surface area contributed by atoms with Crippen molar-refractivity contribution in [1.82, 2.24) is 9.21 Å². The highest BCUT2D eigenvalue weighted by molar-refractivity contribution is 7.89. The van der Waals surface area contributed by atoms with Gasteiger partial charge in [-0.2, -0.15) is 4.31 Å². The van der Waals surface area contributed by atoms with E-state index in [2.05, 4.69) is 0 Å². The van der Waals surface area contributed by atoms with E-state index in [0.29, 0.717) is 32.7 Å². The fraction of sp³-hybridized carbons (Fsp3) is 0.632. The van der Waals surface area contributed by atoms with E-state index in [4.69, 9.17) is 11.6 Å². The summed E-state index contributed by atoms with van der Waals surface area (Å²) in [5.74, 6) is 0.203. The highest BCUT2D eigenvalue weighted by Crippen LogP contribution is 2.24. The first-order valence-electron chi connectivity index (χ1n) is 9.84. The third-order valence-electron chi connectivity index (χ3n) is 5.49. The topological polar surface area (TPSA) is 62.1 Å². The molecule has 2 fully saturated rings. The Labute approximate surface area is 167 Å². The molecule has 2 aliphatic heterocycles. The van der Waals surface area contributed by atoms with Gasteiger partial charge >= 0.3 is 0 Å². The molecule has 3 rings (SSSR count). The third-order valence-corrected chi connectivity index (χ3v) is 7.89. The highest BCUT2D eigenvalue weighted by Gasteiger charge is 2.32. The molecule has 2 saturated heterocycles. The zero-order chi connectivity index (χ0) is 19.3. The number of amides is 1. The Kier molecular flexibility index (Phi) is 7.14. The molecule has 0 radical (unpaired) electrons. The van der Waals surface area contributed by atoms with Crippen LogP contribution in [0.5, 0.6) is 0 Å². The van der Waals surface area contributed by atoms with Crippen molar-refractivity contribution in [3.05, 3.63) is 29.3 Å². The van der Waals surface area contributed by atoms with Gasteiger partial charge in [0.15, 0.2) is 6.54 Å². The first-order chi connectivity index (χ1) is 13.0. The van der Waals surface area contributed by atoms with Gasteiger partial charge in [-0.1, -0.05) is 43.0 Å².